The van der Waals surface area contributed by atoms with Crippen LogP contribution in [0.25, 0.3) is 0 Å². The maximum absolute atomic E-state index is 12.6. The van der Waals surface area contributed by atoms with E-state index in [2.05, 4.69) is 5.32 Å². The van der Waals surface area contributed by atoms with Crippen LogP contribution >= 0.6 is 0 Å². The lowest BCUT2D eigenvalue weighted by atomic mass is 9.76. The Balaban J connectivity index is 1.52. The molecule has 1 N–H and O–H groups in total. The molecule has 3 aliphatic rings. The molecule has 4 nitrogen and oxygen atoms in total. The SMILES string of the molecule is O=S(=O)(CCC1CCCCN1)N1CCC2CCCCC2C1. The molecule has 2 aliphatic heterocycles. The maximum Gasteiger partial charge on any atom is 0.214 e. The highest BCUT2D eigenvalue weighted by atomic mass is 32.2. The second kappa shape index (κ2) is 6.97. The molecule has 3 unspecified atom stereocenters. The van der Waals surface area contributed by atoms with Crippen LogP contribution in [0, 0.1) is 11.8 Å². The number of nitrogens with zero attached hydrogens (tertiary/aromatic N) is 1. The average Bonchev–Trinajstić information content (AvgIpc) is 2.53. The van der Waals surface area contributed by atoms with Crippen LogP contribution in [0.15, 0.2) is 0 Å². The minimum Gasteiger partial charge on any atom is -0.314 e. The lowest BCUT2D eigenvalue weighted by molar-refractivity contribution is 0.136. The van der Waals surface area contributed by atoms with E-state index in [0.29, 0.717) is 17.7 Å². The zero-order chi connectivity index (χ0) is 14.7. The highest BCUT2D eigenvalue weighted by molar-refractivity contribution is 7.89. The largest absolute Gasteiger partial charge is 0.314 e. The van der Waals surface area contributed by atoms with E-state index in [1.165, 1.54) is 38.5 Å². The van der Waals surface area contributed by atoms with Gasteiger partial charge in [0.05, 0.1) is 5.75 Å². The molecular weight excluding hydrogens is 284 g/mol. The number of piperidine rings is 2. The van der Waals surface area contributed by atoms with Crippen LogP contribution in [0.4, 0.5) is 0 Å². The molecule has 0 bridgehead atoms. The Kier molecular flexibility index (Phi) is 5.23. The molecule has 5 heteroatoms. The number of sulfonamides is 1. The van der Waals surface area contributed by atoms with Gasteiger partial charge in [0.25, 0.3) is 0 Å². The van der Waals surface area contributed by atoms with Crippen molar-refractivity contribution in [3.05, 3.63) is 0 Å². The zero-order valence-electron chi connectivity index (χ0n) is 13.1. The molecule has 122 valence electrons. The third kappa shape index (κ3) is 3.99. The number of fused-ring (bicyclic) bond motifs is 1. The fourth-order valence-corrected chi connectivity index (χ4v) is 6.05. The Hall–Kier alpha value is -0.130. The molecule has 1 aliphatic carbocycles. The monoisotopic (exact) mass is 314 g/mol. The molecule has 1 saturated carbocycles. The van der Waals surface area contributed by atoms with Crippen molar-refractivity contribution < 1.29 is 8.42 Å². The van der Waals surface area contributed by atoms with Gasteiger partial charge in [-0.2, -0.15) is 0 Å². The molecule has 3 rings (SSSR count). The smallest absolute Gasteiger partial charge is 0.214 e. The van der Waals surface area contributed by atoms with Crippen molar-refractivity contribution in [2.75, 3.05) is 25.4 Å². The lowest BCUT2D eigenvalue weighted by Crippen LogP contribution is -2.46. The quantitative estimate of drug-likeness (QED) is 0.866. The summed E-state index contributed by atoms with van der Waals surface area (Å²) in [7, 11) is -3.04. The summed E-state index contributed by atoms with van der Waals surface area (Å²) in [6.07, 6.45) is 10.7. The molecule has 0 aromatic rings. The van der Waals surface area contributed by atoms with Crippen LogP contribution in [0.2, 0.25) is 0 Å². The summed E-state index contributed by atoms with van der Waals surface area (Å²) in [5.74, 6) is 1.77. The van der Waals surface area contributed by atoms with Gasteiger partial charge in [-0.25, -0.2) is 12.7 Å². The molecule has 0 aromatic heterocycles. The molecule has 21 heavy (non-hydrogen) atoms. The Labute approximate surface area is 129 Å². The van der Waals surface area contributed by atoms with Crippen LogP contribution in [-0.2, 0) is 10.0 Å². The summed E-state index contributed by atoms with van der Waals surface area (Å²) in [4.78, 5) is 0. The van der Waals surface area contributed by atoms with Crippen LogP contribution < -0.4 is 5.32 Å². The Morgan fingerprint density at radius 2 is 1.71 bits per heavy atom. The first-order chi connectivity index (χ1) is 10.1. The van der Waals surface area contributed by atoms with E-state index in [4.69, 9.17) is 0 Å². The van der Waals surface area contributed by atoms with E-state index in [9.17, 15) is 8.42 Å². The van der Waals surface area contributed by atoms with Crippen molar-refractivity contribution in [2.45, 2.75) is 63.8 Å². The van der Waals surface area contributed by atoms with Crippen molar-refractivity contribution in [3.63, 3.8) is 0 Å². The van der Waals surface area contributed by atoms with E-state index >= 15 is 0 Å². The van der Waals surface area contributed by atoms with E-state index in [-0.39, 0.29) is 0 Å². The third-order valence-corrected chi connectivity index (χ3v) is 7.65. The van der Waals surface area contributed by atoms with Crippen molar-refractivity contribution in [3.8, 4) is 0 Å². The fraction of sp³-hybridized carbons (Fsp3) is 1.00. The summed E-state index contributed by atoms with van der Waals surface area (Å²) in [5, 5.41) is 3.46. The first-order valence-corrected chi connectivity index (χ1v) is 10.5. The van der Waals surface area contributed by atoms with E-state index in [1.54, 1.807) is 0 Å². The molecule has 3 fully saturated rings. The molecule has 0 spiro atoms. The number of nitrogens with one attached hydrogen (secondary N) is 1. The molecule has 0 radical (unpaired) electrons. The standard InChI is InChI=1S/C16H30N2O2S/c19-21(20,12-9-16-7-3-4-10-17-16)18-11-8-14-5-1-2-6-15(14)13-18/h14-17H,1-13H2. The molecular formula is C16H30N2O2S. The summed E-state index contributed by atoms with van der Waals surface area (Å²) in [6, 6.07) is 0.417. The predicted molar refractivity (Wildman–Crippen MR) is 85.7 cm³/mol. The van der Waals surface area contributed by atoms with Crippen molar-refractivity contribution in [2.24, 2.45) is 11.8 Å². The van der Waals surface area contributed by atoms with Crippen molar-refractivity contribution in [1.82, 2.24) is 9.62 Å². The summed E-state index contributed by atoms with van der Waals surface area (Å²) in [6.45, 7) is 2.62. The first kappa shape index (κ1) is 15.8. The van der Waals surface area contributed by atoms with Gasteiger partial charge in [0.1, 0.15) is 0 Å². The van der Waals surface area contributed by atoms with Gasteiger partial charge in [-0.05, 0) is 50.5 Å². The fourth-order valence-electron chi connectivity index (χ4n) is 4.41. The van der Waals surface area contributed by atoms with Crippen LogP contribution in [-0.4, -0.2) is 44.2 Å². The number of hydrogen-bond donors (Lipinski definition) is 1. The second-order valence-electron chi connectivity index (χ2n) is 7.20. The maximum atomic E-state index is 12.6. The van der Waals surface area contributed by atoms with Crippen molar-refractivity contribution in [1.29, 1.82) is 0 Å². The molecule has 0 amide bonds. The third-order valence-electron chi connectivity index (χ3n) is 5.78. The summed E-state index contributed by atoms with van der Waals surface area (Å²) < 4.78 is 27.0. The molecule has 2 heterocycles. The van der Waals surface area contributed by atoms with Gasteiger partial charge in [-0.3, -0.25) is 0 Å². The normalized spacial score (nSPS) is 35.3. The Morgan fingerprint density at radius 1 is 0.952 bits per heavy atom. The van der Waals surface area contributed by atoms with Crippen LogP contribution in [0.1, 0.15) is 57.8 Å². The predicted octanol–water partition coefficient (Wildman–Crippen LogP) is 2.36. The van der Waals surface area contributed by atoms with Gasteiger partial charge in [-0.15, -0.1) is 0 Å². The van der Waals surface area contributed by atoms with Gasteiger partial charge < -0.3 is 5.32 Å². The van der Waals surface area contributed by atoms with Crippen LogP contribution in [0.5, 0.6) is 0 Å². The topological polar surface area (TPSA) is 49.4 Å². The van der Waals surface area contributed by atoms with Gasteiger partial charge in [0.15, 0.2) is 0 Å². The van der Waals surface area contributed by atoms with E-state index < -0.39 is 10.0 Å². The molecule has 3 atom stereocenters. The average molecular weight is 314 g/mol. The Bertz CT molecular complexity index is 432. The van der Waals surface area contributed by atoms with Gasteiger partial charge in [0, 0.05) is 19.1 Å². The zero-order valence-corrected chi connectivity index (χ0v) is 13.9. The first-order valence-electron chi connectivity index (χ1n) is 8.86. The summed E-state index contributed by atoms with van der Waals surface area (Å²) in [5.41, 5.74) is 0. The van der Waals surface area contributed by atoms with E-state index in [0.717, 1.165) is 44.8 Å². The molecule has 2 saturated heterocycles. The highest BCUT2D eigenvalue weighted by Crippen LogP contribution is 2.36. The second-order valence-corrected chi connectivity index (χ2v) is 9.29. The minimum atomic E-state index is -3.04. The minimum absolute atomic E-state index is 0.335. The summed E-state index contributed by atoms with van der Waals surface area (Å²) >= 11 is 0. The van der Waals surface area contributed by atoms with Gasteiger partial charge >= 0.3 is 0 Å². The lowest BCUT2D eigenvalue weighted by Gasteiger charge is -2.40. The number of hydrogen-bond acceptors (Lipinski definition) is 3. The highest BCUT2D eigenvalue weighted by Gasteiger charge is 2.35. The van der Waals surface area contributed by atoms with Gasteiger partial charge in [-0.1, -0.05) is 25.7 Å². The van der Waals surface area contributed by atoms with Gasteiger partial charge in [0.2, 0.25) is 10.0 Å². The van der Waals surface area contributed by atoms with E-state index in [1.807, 2.05) is 4.31 Å². The Morgan fingerprint density at radius 3 is 2.48 bits per heavy atom. The molecule has 0 aromatic carbocycles. The van der Waals surface area contributed by atoms with Crippen molar-refractivity contribution >= 4 is 10.0 Å². The van der Waals surface area contributed by atoms with Crippen LogP contribution in [0.3, 0.4) is 0 Å². The number of rotatable bonds is 4.